The molecule has 0 amide bonds. The Labute approximate surface area is 80.6 Å². The summed E-state index contributed by atoms with van der Waals surface area (Å²) >= 11 is 1.13. The van der Waals surface area contributed by atoms with Crippen LogP contribution in [0.15, 0.2) is 17.7 Å². The van der Waals surface area contributed by atoms with Gasteiger partial charge in [-0.25, -0.2) is 8.42 Å². The quantitative estimate of drug-likeness (QED) is 0.762. The molecule has 0 bridgehead atoms. The van der Waals surface area contributed by atoms with Gasteiger partial charge in [0.05, 0.1) is 5.75 Å². The fraction of sp³-hybridized carbons (Fsp3) is 0.333. The highest BCUT2D eigenvalue weighted by Crippen LogP contribution is 2.11. The van der Waals surface area contributed by atoms with E-state index in [4.69, 9.17) is 0 Å². The number of hydrogen-bond donors (Lipinski definition) is 1. The average molecular weight is 219 g/mol. The Bertz CT molecular complexity index is 382. The lowest BCUT2D eigenvalue weighted by molar-refractivity contribution is 0.603. The van der Waals surface area contributed by atoms with Crippen LogP contribution in [0, 0.1) is 0 Å². The number of aromatic nitrogens is 2. The first-order valence-corrected chi connectivity index (χ1v) is 5.94. The minimum Gasteiger partial charge on any atom is -0.257 e. The van der Waals surface area contributed by atoms with E-state index in [1.807, 2.05) is 0 Å². The smallest absolute Gasteiger partial charge is 0.238 e. The summed E-state index contributed by atoms with van der Waals surface area (Å²) in [5.41, 5.74) is 2.04. The van der Waals surface area contributed by atoms with E-state index in [1.54, 1.807) is 6.92 Å². The molecule has 0 saturated heterocycles. The molecule has 1 N–H and O–H groups in total. The summed E-state index contributed by atoms with van der Waals surface area (Å²) in [7, 11) is -3.35. The summed E-state index contributed by atoms with van der Waals surface area (Å²) in [4.78, 5) is 0. The zero-order valence-corrected chi connectivity index (χ0v) is 8.65. The van der Waals surface area contributed by atoms with Gasteiger partial charge in [0.25, 0.3) is 0 Å². The standard InChI is InChI=1S/C6H9N3O2S2/c1-5(2)3-13(10,11)9-6-8-7-4-12-6/h4H,1,3H2,2H3,(H,8,9). The Hall–Kier alpha value is -0.950. The van der Waals surface area contributed by atoms with Crippen LogP contribution in [0.3, 0.4) is 0 Å². The minimum absolute atomic E-state index is 0.0907. The van der Waals surface area contributed by atoms with E-state index < -0.39 is 10.0 Å². The van der Waals surface area contributed by atoms with Crippen LogP contribution in [-0.4, -0.2) is 24.4 Å². The van der Waals surface area contributed by atoms with Crippen molar-refractivity contribution in [3.8, 4) is 0 Å². The zero-order valence-electron chi connectivity index (χ0n) is 7.02. The monoisotopic (exact) mass is 219 g/mol. The van der Waals surface area contributed by atoms with Crippen LogP contribution < -0.4 is 4.72 Å². The van der Waals surface area contributed by atoms with Crippen LogP contribution in [0.1, 0.15) is 6.92 Å². The number of nitrogens with zero attached hydrogens (tertiary/aromatic N) is 2. The summed E-state index contributed by atoms with van der Waals surface area (Å²) in [5.74, 6) is -0.0907. The van der Waals surface area contributed by atoms with Gasteiger partial charge in [0.1, 0.15) is 5.51 Å². The zero-order chi connectivity index (χ0) is 9.90. The van der Waals surface area contributed by atoms with Gasteiger partial charge in [0, 0.05) is 0 Å². The second-order valence-corrected chi connectivity index (χ2v) is 5.12. The molecule has 0 aromatic carbocycles. The van der Waals surface area contributed by atoms with E-state index in [2.05, 4.69) is 21.5 Å². The maximum absolute atomic E-state index is 11.3. The lowest BCUT2D eigenvalue weighted by Crippen LogP contribution is -2.16. The van der Waals surface area contributed by atoms with Gasteiger partial charge in [0.2, 0.25) is 15.2 Å². The Morgan fingerprint density at radius 1 is 1.77 bits per heavy atom. The van der Waals surface area contributed by atoms with E-state index in [9.17, 15) is 8.42 Å². The Balaban J connectivity index is 2.68. The molecule has 0 radical (unpaired) electrons. The third-order valence-corrected chi connectivity index (χ3v) is 3.15. The fourth-order valence-corrected chi connectivity index (χ4v) is 2.60. The van der Waals surface area contributed by atoms with Crippen molar-refractivity contribution in [2.24, 2.45) is 0 Å². The summed E-state index contributed by atoms with van der Waals surface area (Å²) < 4.78 is 24.8. The number of sulfonamides is 1. The van der Waals surface area contributed by atoms with Gasteiger partial charge in [0.15, 0.2) is 0 Å². The van der Waals surface area contributed by atoms with Crippen LogP contribution >= 0.6 is 11.3 Å². The Morgan fingerprint density at radius 3 is 2.92 bits per heavy atom. The molecule has 0 unspecified atom stereocenters. The molecular weight excluding hydrogens is 210 g/mol. The highest BCUT2D eigenvalue weighted by Gasteiger charge is 2.11. The maximum Gasteiger partial charge on any atom is 0.238 e. The van der Waals surface area contributed by atoms with Gasteiger partial charge >= 0.3 is 0 Å². The first kappa shape index (κ1) is 10.1. The van der Waals surface area contributed by atoms with E-state index in [1.165, 1.54) is 5.51 Å². The molecule has 7 heteroatoms. The number of hydrogen-bond acceptors (Lipinski definition) is 5. The number of rotatable bonds is 4. The molecule has 0 spiro atoms. The molecule has 0 atom stereocenters. The maximum atomic E-state index is 11.3. The van der Waals surface area contributed by atoms with Gasteiger partial charge in [-0.2, -0.15) is 0 Å². The van der Waals surface area contributed by atoms with Crippen molar-refractivity contribution in [1.29, 1.82) is 0 Å². The van der Waals surface area contributed by atoms with E-state index >= 15 is 0 Å². The van der Waals surface area contributed by atoms with Crippen LogP contribution in [0.4, 0.5) is 5.13 Å². The lowest BCUT2D eigenvalue weighted by Gasteiger charge is -2.02. The molecular formula is C6H9N3O2S2. The third-order valence-electron chi connectivity index (χ3n) is 1.04. The summed E-state index contributed by atoms with van der Waals surface area (Å²) in [6, 6.07) is 0. The second kappa shape index (κ2) is 3.84. The topological polar surface area (TPSA) is 72.0 Å². The van der Waals surface area contributed by atoms with Gasteiger partial charge in [-0.3, -0.25) is 4.72 Å². The molecule has 0 aliphatic rings. The predicted molar refractivity (Wildman–Crippen MR) is 52.1 cm³/mol. The lowest BCUT2D eigenvalue weighted by atomic mass is 10.4. The molecule has 0 aliphatic carbocycles. The van der Waals surface area contributed by atoms with Gasteiger partial charge < -0.3 is 0 Å². The average Bonchev–Trinajstić information content (AvgIpc) is 2.34. The number of anilines is 1. The van der Waals surface area contributed by atoms with E-state index in [-0.39, 0.29) is 10.9 Å². The van der Waals surface area contributed by atoms with Crippen LogP contribution in [-0.2, 0) is 10.0 Å². The van der Waals surface area contributed by atoms with Crippen molar-refractivity contribution in [2.75, 3.05) is 10.5 Å². The second-order valence-electron chi connectivity index (χ2n) is 2.56. The van der Waals surface area contributed by atoms with Crippen molar-refractivity contribution in [3.05, 3.63) is 17.7 Å². The normalized spacial score (nSPS) is 11.2. The third kappa shape index (κ3) is 3.51. The van der Waals surface area contributed by atoms with Gasteiger partial charge in [-0.1, -0.05) is 23.5 Å². The molecule has 1 heterocycles. The van der Waals surface area contributed by atoms with E-state index in [0.717, 1.165) is 11.3 Å². The molecule has 0 fully saturated rings. The molecule has 72 valence electrons. The van der Waals surface area contributed by atoms with Crippen molar-refractivity contribution in [1.82, 2.24) is 10.2 Å². The molecule has 0 saturated carbocycles. The van der Waals surface area contributed by atoms with Gasteiger partial charge in [-0.05, 0) is 6.92 Å². The predicted octanol–water partition coefficient (Wildman–Crippen LogP) is 0.856. The van der Waals surface area contributed by atoms with Crippen molar-refractivity contribution >= 4 is 26.5 Å². The van der Waals surface area contributed by atoms with Crippen LogP contribution in [0.2, 0.25) is 0 Å². The molecule has 5 nitrogen and oxygen atoms in total. The summed E-state index contributed by atoms with van der Waals surface area (Å²) in [6.07, 6.45) is 0. The van der Waals surface area contributed by atoms with E-state index in [0.29, 0.717) is 5.57 Å². The summed E-state index contributed by atoms with van der Waals surface area (Å²) in [5, 5.41) is 7.34. The molecule has 1 aromatic rings. The van der Waals surface area contributed by atoms with Crippen molar-refractivity contribution in [3.63, 3.8) is 0 Å². The number of nitrogens with one attached hydrogen (secondary N) is 1. The highest BCUT2D eigenvalue weighted by molar-refractivity contribution is 7.93. The van der Waals surface area contributed by atoms with Crippen molar-refractivity contribution < 1.29 is 8.42 Å². The fourth-order valence-electron chi connectivity index (χ4n) is 0.711. The summed E-state index contributed by atoms with van der Waals surface area (Å²) in [6.45, 7) is 5.17. The largest absolute Gasteiger partial charge is 0.257 e. The van der Waals surface area contributed by atoms with Crippen molar-refractivity contribution in [2.45, 2.75) is 6.92 Å². The first-order chi connectivity index (χ1) is 5.99. The molecule has 1 rings (SSSR count). The SMILES string of the molecule is C=C(C)CS(=O)(=O)Nc1nncs1. The molecule has 13 heavy (non-hydrogen) atoms. The first-order valence-electron chi connectivity index (χ1n) is 3.40. The molecule has 0 aliphatic heterocycles. The minimum atomic E-state index is -3.35. The Morgan fingerprint density at radius 2 is 2.46 bits per heavy atom. The van der Waals surface area contributed by atoms with Crippen LogP contribution in [0.25, 0.3) is 0 Å². The van der Waals surface area contributed by atoms with Crippen LogP contribution in [0.5, 0.6) is 0 Å². The highest BCUT2D eigenvalue weighted by atomic mass is 32.2. The molecule has 1 aromatic heterocycles. The Kier molecular flexibility index (Phi) is 2.99. The van der Waals surface area contributed by atoms with Gasteiger partial charge in [-0.15, -0.1) is 10.2 Å².